The number of nitrogens with zero attached hydrogens (tertiary/aromatic N) is 1. The van der Waals surface area contributed by atoms with Crippen LogP contribution in [0.15, 0.2) is 28.8 Å². The smallest absolute Gasteiger partial charge is 0.231 e. The molecule has 0 aliphatic carbocycles. The van der Waals surface area contributed by atoms with Crippen molar-refractivity contribution in [1.82, 2.24) is 10.5 Å². The number of benzene rings is 1. The zero-order valence-electron chi connectivity index (χ0n) is 14.4. The first kappa shape index (κ1) is 16.4. The Hall–Kier alpha value is -2.09. The van der Waals surface area contributed by atoms with Gasteiger partial charge < -0.3 is 29.2 Å². The van der Waals surface area contributed by atoms with Gasteiger partial charge in [0.1, 0.15) is 5.60 Å². The lowest BCUT2D eigenvalue weighted by Gasteiger charge is -2.42. The summed E-state index contributed by atoms with van der Waals surface area (Å²) in [4.78, 5) is 0. The van der Waals surface area contributed by atoms with E-state index in [0.29, 0.717) is 31.9 Å². The summed E-state index contributed by atoms with van der Waals surface area (Å²) in [6.07, 6.45) is 0.678. The van der Waals surface area contributed by atoms with E-state index in [1.807, 2.05) is 24.3 Å². The fraction of sp³-hybridized carbons (Fsp3) is 0.500. The summed E-state index contributed by atoms with van der Waals surface area (Å²) in [5, 5.41) is 17.7. The van der Waals surface area contributed by atoms with Crippen LogP contribution < -0.4 is 14.8 Å². The van der Waals surface area contributed by atoms with E-state index in [-0.39, 0.29) is 12.3 Å². The van der Waals surface area contributed by atoms with Gasteiger partial charge in [-0.25, -0.2) is 0 Å². The molecule has 0 atom stereocenters. The highest BCUT2D eigenvalue weighted by molar-refractivity contribution is 5.44. The normalized spacial score (nSPS) is 18.2. The molecule has 0 spiro atoms. The molecule has 2 aromatic rings. The van der Waals surface area contributed by atoms with Crippen molar-refractivity contribution in [3.05, 3.63) is 41.3 Å². The van der Waals surface area contributed by atoms with E-state index in [0.717, 1.165) is 22.8 Å². The molecule has 1 saturated heterocycles. The number of ether oxygens (including phenoxy) is 3. The van der Waals surface area contributed by atoms with Gasteiger partial charge in [-0.2, -0.15) is 0 Å². The summed E-state index contributed by atoms with van der Waals surface area (Å²) in [5.74, 6) is 2.03. The van der Waals surface area contributed by atoms with Gasteiger partial charge in [0.05, 0.1) is 24.4 Å². The van der Waals surface area contributed by atoms with E-state index in [1.54, 1.807) is 13.8 Å². The van der Waals surface area contributed by atoms with Crippen molar-refractivity contribution in [2.45, 2.75) is 38.0 Å². The second kappa shape index (κ2) is 6.01. The van der Waals surface area contributed by atoms with E-state index in [9.17, 15) is 5.11 Å². The van der Waals surface area contributed by atoms with Crippen LogP contribution in [0.1, 0.15) is 30.9 Å². The molecular weight excluding hydrogens is 324 g/mol. The van der Waals surface area contributed by atoms with Gasteiger partial charge in [-0.3, -0.25) is 0 Å². The van der Waals surface area contributed by atoms with Gasteiger partial charge in [0, 0.05) is 19.0 Å². The van der Waals surface area contributed by atoms with Gasteiger partial charge in [-0.1, -0.05) is 11.2 Å². The predicted molar refractivity (Wildman–Crippen MR) is 88.4 cm³/mol. The number of aliphatic hydroxyl groups is 1. The molecule has 0 bridgehead atoms. The van der Waals surface area contributed by atoms with Gasteiger partial charge in [0.15, 0.2) is 17.3 Å². The molecule has 7 nitrogen and oxygen atoms in total. The molecule has 7 heteroatoms. The van der Waals surface area contributed by atoms with Gasteiger partial charge in [-0.15, -0.1) is 0 Å². The summed E-state index contributed by atoms with van der Waals surface area (Å²) in [6.45, 7) is 5.55. The molecule has 4 rings (SSSR count). The third-order valence-corrected chi connectivity index (χ3v) is 4.54. The van der Waals surface area contributed by atoms with Crippen LogP contribution in [-0.4, -0.2) is 35.8 Å². The fourth-order valence-corrected chi connectivity index (χ4v) is 2.99. The van der Waals surface area contributed by atoms with Crippen LogP contribution in [0, 0.1) is 0 Å². The van der Waals surface area contributed by atoms with Crippen molar-refractivity contribution in [2.75, 3.05) is 20.0 Å². The lowest BCUT2D eigenvalue weighted by Crippen LogP contribution is -2.61. The molecule has 2 aliphatic rings. The Morgan fingerprint density at radius 1 is 1.20 bits per heavy atom. The SMILES string of the molecule is CC(C)(O)c1cc(CC2(NCc3ccc4c(c3)OCO4)COC2)no1. The van der Waals surface area contributed by atoms with Crippen molar-refractivity contribution < 1.29 is 23.8 Å². The number of fused-ring (bicyclic) bond motifs is 1. The lowest BCUT2D eigenvalue weighted by atomic mass is 9.90. The Morgan fingerprint density at radius 3 is 2.68 bits per heavy atom. The van der Waals surface area contributed by atoms with E-state index < -0.39 is 5.60 Å². The largest absolute Gasteiger partial charge is 0.454 e. The summed E-state index contributed by atoms with van der Waals surface area (Å²) in [6, 6.07) is 7.75. The summed E-state index contributed by atoms with van der Waals surface area (Å²) < 4.78 is 21.4. The maximum absolute atomic E-state index is 10.0. The molecule has 3 heterocycles. The average molecular weight is 346 g/mol. The van der Waals surface area contributed by atoms with Crippen LogP contribution in [-0.2, 0) is 23.3 Å². The first-order chi connectivity index (χ1) is 11.9. The lowest BCUT2D eigenvalue weighted by molar-refractivity contribution is -0.0755. The highest BCUT2D eigenvalue weighted by Gasteiger charge is 2.39. The minimum absolute atomic E-state index is 0.176. The predicted octanol–water partition coefficient (Wildman–Crippen LogP) is 1.73. The maximum Gasteiger partial charge on any atom is 0.231 e. The van der Waals surface area contributed by atoms with Crippen LogP contribution in [0.3, 0.4) is 0 Å². The molecule has 1 fully saturated rings. The third kappa shape index (κ3) is 3.35. The van der Waals surface area contributed by atoms with Crippen LogP contribution in [0.2, 0.25) is 0 Å². The maximum atomic E-state index is 10.0. The van der Waals surface area contributed by atoms with Crippen LogP contribution in [0.25, 0.3) is 0 Å². The second-order valence-corrected chi connectivity index (χ2v) is 7.23. The highest BCUT2D eigenvalue weighted by Crippen LogP contribution is 2.33. The Kier molecular flexibility index (Phi) is 3.94. The molecule has 0 amide bonds. The minimum Gasteiger partial charge on any atom is -0.454 e. The standard InChI is InChI=1S/C18H22N2O5/c1-17(2,21)16-6-13(20-25-16)7-18(9-22-10-18)19-8-12-3-4-14-15(5-12)24-11-23-14/h3-6,19,21H,7-11H2,1-2H3. The van der Waals surface area contributed by atoms with E-state index in [4.69, 9.17) is 18.7 Å². The first-order valence-corrected chi connectivity index (χ1v) is 8.33. The molecule has 2 aliphatic heterocycles. The van der Waals surface area contributed by atoms with Crippen LogP contribution in [0.4, 0.5) is 0 Å². The van der Waals surface area contributed by atoms with Crippen molar-refractivity contribution in [1.29, 1.82) is 0 Å². The van der Waals surface area contributed by atoms with Crippen molar-refractivity contribution in [3.8, 4) is 11.5 Å². The minimum atomic E-state index is -1.03. The first-order valence-electron chi connectivity index (χ1n) is 8.33. The van der Waals surface area contributed by atoms with Gasteiger partial charge in [-0.05, 0) is 31.5 Å². The fourth-order valence-electron chi connectivity index (χ4n) is 2.99. The number of aromatic nitrogens is 1. The Bertz CT molecular complexity index is 761. The number of nitrogens with one attached hydrogen (secondary N) is 1. The second-order valence-electron chi connectivity index (χ2n) is 7.23. The highest BCUT2D eigenvalue weighted by atomic mass is 16.7. The number of hydrogen-bond acceptors (Lipinski definition) is 7. The summed E-state index contributed by atoms with van der Waals surface area (Å²) in [7, 11) is 0. The quantitative estimate of drug-likeness (QED) is 0.824. The number of hydrogen-bond donors (Lipinski definition) is 2. The zero-order valence-corrected chi connectivity index (χ0v) is 14.4. The van der Waals surface area contributed by atoms with Gasteiger partial charge in [0.25, 0.3) is 0 Å². The Balaban J connectivity index is 1.42. The van der Waals surface area contributed by atoms with E-state index >= 15 is 0 Å². The average Bonchev–Trinajstić information content (AvgIpc) is 3.17. The van der Waals surface area contributed by atoms with Crippen LogP contribution >= 0.6 is 0 Å². The van der Waals surface area contributed by atoms with Crippen molar-refractivity contribution >= 4 is 0 Å². The molecule has 2 N–H and O–H groups in total. The molecule has 25 heavy (non-hydrogen) atoms. The molecule has 1 aromatic carbocycles. The van der Waals surface area contributed by atoms with Crippen molar-refractivity contribution in [2.24, 2.45) is 0 Å². The molecular formula is C18H22N2O5. The molecule has 1 aromatic heterocycles. The third-order valence-electron chi connectivity index (χ3n) is 4.54. The molecule has 0 unspecified atom stereocenters. The molecule has 0 saturated carbocycles. The molecule has 0 radical (unpaired) electrons. The molecule has 134 valence electrons. The van der Waals surface area contributed by atoms with E-state index in [1.165, 1.54) is 0 Å². The van der Waals surface area contributed by atoms with Gasteiger partial charge >= 0.3 is 0 Å². The zero-order chi connectivity index (χ0) is 17.5. The summed E-state index contributed by atoms with van der Waals surface area (Å²) in [5.41, 5.74) is 0.713. The summed E-state index contributed by atoms with van der Waals surface area (Å²) >= 11 is 0. The van der Waals surface area contributed by atoms with Crippen molar-refractivity contribution in [3.63, 3.8) is 0 Å². The van der Waals surface area contributed by atoms with Gasteiger partial charge in [0.2, 0.25) is 6.79 Å². The topological polar surface area (TPSA) is 86.0 Å². The monoisotopic (exact) mass is 346 g/mol. The van der Waals surface area contributed by atoms with Crippen LogP contribution in [0.5, 0.6) is 11.5 Å². The van der Waals surface area contributed by atoms with E-state index in [2.05, 4.69) is 10.5 Å². The Labute approximate surface area is 145 Å². The number of rotatable bonds is 6. The Morgan fingerprint density at radius 2 is 2.00 bits per heavy atom.